The summed E-state index contributed by atoms with van der Waals surface area (Å²) in [5, 5.41) is 1.42. The van der Waals surface area contributed by atoms with Crippen LogP contribution in [0.5, 0.6) is 5.75 Å². The van der Waals surface area contributed by atoms with E-state index in [2.05, 4.69) is 11.1 Å². The zero-order valence-corrected chi connectivity index (χ0v) is 18.1. The first-order valence-corrected chi connectivity index (χ1v) is 11.0. The van der Waals surface area contributed by atoms with Gasteiger partial charge in [-0.25, -0.2) is 4.98 Å². The summed E-state index contributed by atoms with van der Waals surface area (Å²) < 4.78 is 7.06. The predicted octanol–water partition coefficient (Wildman–Crippen LogP) is 4.82. The molecule has 0 unspecified atom stereocenters. The Labute approximate surface area is 177 Å². The second-order valence-electron chi connectivity index (χ2n) is 6.71. The standard InChI is InChI=1S/C22H21N3O2S2/c1-14-15(2)29-20-19(14)21(26)25(12-17-8-4-5-10-23-17)22(24-20)28-13-16-7-6-9-18(11-16)27-3/h4-11H,12-13H2,1-3H3. The highest BCUT2D eigenvalue weighted by atomic mass is 32.2. The van der Waals surface area contributed by atoms with E-state index >= 15 is 0 Å². The predicted molar refractivity (Wildman–Crippen MR) is 119 cm³/mol. The van der Waals surface area contributed by atoms with E-state index in [1.165, 1.54) is 0 Å². The largest absolute Gasteiger partial charge is 0.497 e. The minimum atomic E-state index is -0.00403. The van der Waals surface area contributed by atoms with E-state index in [1.54, 1.807) is 41.0 Å². The number of pyridine rings is 1. The minimum Gasteiger partial charge on any atom is -0.497 e. The van der Waals surface area contributed by atoms with Crippen molar-refractivity contribution in [2.75, 3.05) is 7.11 Å². The van der Waals surface area contributed by atoms with Gasteiger partial charge in [0, 0.05) is 16.8 Å². The Kier molecular flexibility index (Phi) is 5.69. The van der Waals surface area contributed by atoms with E-state index in [-0.39, 0.29) is 5.56 Å². The first kappa shape index (κ1) is 19.7. The van der Waals surface area contributed by atoms with Crippen molar-refractivity contribution in [2.24, 2.45) is 0 Å². The van der Waals surface area contributed by atoms with Crippen LogP contribution in [0.1, 0.15) is 21.7 Å². The normalized spacial score (nSPS) is 11.1. The molecule has 1 aromatic carbocycles. The van der Waals surface area contributed by atoms with Crippen molar-refractivity contribution in [3.05, 3.63) is 80.7 Å². The van der Waals surface area contributed by atoms with Gasteiger partial charge >= 0.3 is 0 Å². The summed E-state index contributed by atoms with van der Waals surface area (Å²) in [5.41, 5.74) is 2.97. The molecule has 5 nitrogen and oxygen atoms in total. The smallest absolute Gasteiger partial charge is 0.263 e. The molecule has 0 saturated carbocycles. The summed E-state index contributed by atoms with van der Waals surface area (Å²) in [6, 6.07) is 13.7. The Balaban J connectivity index is 1.76. The second kappa shape index (κ2) is 8.39. The summed E-state index contributed by atoms with van der Waals surface area (Å²) in [7, 11) is 1.66. The van der Waals surface area contributed by atoms with Gasteiger partial charge in [-0.2, -0.15) is 0 Å². The molecule has 0 bridgehead atoms. The maximum absolute atomic E-state index is 13.4. The molecule has 4 aromatic rings. The van der Waals surface area contributed by atoms with Gasteiger partial charge in [-0.05, 0) is 49.2 Å². The lowest BCUT2D eigenvalue weighted by Gasteiger charge is -2.12. The Morgan fingerprint density at radius 1 is 1.17 bits per heavy atom. The van der Waals surface area contributed by atoms with Crippen molar-refractivity contribution in [1.29, 1.82) is 0 Å². The molecule has 0 atom stereocenters. The van der Waals surface area contributed by atoms with Gasteiger partial charge in [0.2, 0.25) is 0 Å². The van der Waals surface area contributed by atoms with Crippen LogP contribution < -0.4 is 10.3 Å². The Morgan fingerprint density at radius 2 is 2.03 bits per heavy atom. The zero-order valence-electron chi connectivity index (χ0n) is 16.5. The quantitative estimate of drug-likeness (QED) is 0.329. The van der Waals surface area contributed by atoms with Gasteiger partial charge in [0.15, 0.2) is 5.16 Å². The maximum atomic E-state index is 13.4. The lowest BCUT2D eigenvalue weighted by molar-refractivity contribution is 0.414. The Morgan fingerprint density at radius 3 is 2.79 bits per heavy atom. The first-order valence-electron chi connectivity index (χ1n) is 9.23. The molecule has 0 aliphatic heterocycles. The monoisotopic (exact) mass is 423 g/mol. The average Bonchev–Trinajstić information content (AvgIpc) is 3.03. The van der Waals surface area contributed by atoms with Gasteiger partial charge < -0.3 is 4.74 Å². The summed E-state index contributed by atoms with van der Waals surface area (Å²) in [5.74, 6) is 1.52. The second-order valence-corrected chi connectivity index (χ2v) is 8.86. The van der Waals surface area contributed by atoms with Crippen LogP contribution in [-0.4, -0.2) is 21.6 Å². The number of hydrogen-bond donors (Lipinski definition) is 0. The summed E-state index contributed by atoms with van der Waals surface area (Å²) in [4.78, 5) is 24.5. The van der Waals surface area contributed by atoms with Gasteiger partial charge in [-0.15, -0.1) is 11.3 Å². The highest BCUT2D eigenvalue weighted by Gasteiger charge is 2.17. The highest BCUT2D eigenvalue weighted by Crippen LogP contribution is 2.30. The molecule has 4 rings (SSSR count). The van der Waals surface area contributed by atoms with Crippen molar-refractivity contribution < 1.29 is 4.74 Å². The third-order valence-corrected chi connectivity index (χ3v) is 6.95. The molecule has 7 heteroatoms. The van der Waals surface area contributed by atoms with Gasteiger partial charge in [0.1, 0.15) is 10.6 Å². The third kappa shape index (κ3) is 4.06. The lowest BCUT2D eigenvalue weighted by Crippen LogP contribution is -2.24. The number of aromatic nitrogens is 3. The fourth-order valence-corrected chi connectivity index (χ4v) is 5.13. The Hall–Kier alpha value is -2.64. The van der Waals surface area contributed by atoms with E-state index in [0.29, 0.717) is 22.8 Å². The molecule has 0 saturated heterocycles. The molecular weight excluding hydrogens is 402 g/mol. The Bertz CT molecular complexity index is 1220. The zero-order chi connectivity index (χ0) is 20.4. The molecule has 3 heterocycles. The summed E-state index contributed by atoms with van der Waals surface area (Å²) >= 11 is 3.13. The third-order valence-electron chi connectivity index (χ3n) is 4.80. The minimum absolute atomic E-state index is 0.00403. The summed E-state index contributed by atoms with van der Waals surface area (Å²) in [6.45, 7) is 4.43. The van der Waals surface area contributed by atoms with Crippen LogP contribution in [-0.2, 0) is 12.3 Å². The van der Waals surface area contributed by atoms with Crippen LogP contribution >= 0.6 is 23.1 Å². The van der Waals surface area contributed by atoms with E-state index in [9.17, 15) is 4.79 Å². The lowest BCUT2D eigenvalue weighted by atomic mass is 10.2. The van der Waals surface area contributed by atoms with Crippen molar-refractivity contribution in [3.63, 3.8) is 0 Å². The SMILES string of the molecule is COc1cccc(CSc2nc3sc(C)c(C)c3c(=O)n2Cc2ccccn2)c1. The van der Waals surface area contributed by atoms with Crippen LogP contribution in [0.25, 0.3) is 10.2 Å². The van der Waals surface area contributed by atoms with Crippen molar-refractivity contribution in [1.82, 2.24) is 14.5 Å². The van der Waals surface area contributed by atoms with E-state index < -0.39 is 0 Å². The van der Waals surface area contributed by atoms with Gasteiger partial charge in [-0.1, -0.05) is 30.0 Å². The number of methoxy groups -OCH3 is 1. The van der Waals surface area contributed by atoms with Crippen LogP contribution in [0.4, 0.5) is 0 Å². The van der Waals surface area contributed by atoms with Crippen LogP contribution in [0, 0.1) is 13.8 Å². The van der Waals surface area contributed by atoms with E-state index in [4.69, 9.17) is 9.72 Å². The van der Waals surface area contributed by atoms with Crippen LogP contribution in [0.15, 0.2) is 58.6 Å². The van der Waals surface area contributed by atoms with Crippen molar-refractivity contribution in [2.45, 2.75) is 31.3 Å². The maximum Gasteiger partial charge on any atom is 0.263 e. The van der Waals surface area contributed by atoms with Crippen molar-refractivity contribution >= 4 is 33.3 Å². The number of nitrogens with zero attached hydrogens (tertiary/aromatic N) is 3. The van der Waals surface area contributed by atoms with Crippen LogP contribution in [0.2, 0.25) is 0 Å². The van der Waals surface area contributed by atoms with Gasteiger partial charge in [0.25, 0.3) is 5.56 Å². The summed E-state index contributed by atoms with van der Waals surface area (Å²) in [6.07, 6.45) is 1.75. The number of ether oxygens (including phenoxy) is 1. The molecular formula is C22H21N3O2S2. The number of hydrogen-bond acceptors (Lipinski definition) is 6. The molecule has 0 fully saturated rings. The molecule has 0 aliphatic carbocycles. The van der Waals surface area contributed by atoms with E-state index in [1.807, 2.05) is 50.2 Å². The van der Waals surface area contributed by atoms with Gasteiger partial charge in [-0.3, -0.25) is 14.3 Å². The van der Waals surface area contributed by atoms with Crippen LogP contribution in [0.3, 0.4) is 0 Å². The number of thioether (sulfide) groups is 1. The molecule has 0 spiro atoms. The van der Waals surface area contributed by atoms with Gasteiger partial charge in [0.05, 0.1) is 24.7 Å². The first-order chi connectivity index (χ1) is 14.1. The average molecular weight is 424 g/mol. The molecule has 0 radical (unpaired) electrons. The fourth-order valence-electron chi connectivity index (χ4n) is 3.12. The molecule has 0 N–H and O–H groups in total. The molecule has 0 amide bonds. The number of thiophene rings is 1. The molecule has 0 aliphatic rings. The molecule has 3 aromatic heterocycles. The topological polar surface area (TPSA) is 57.0 Å². The molecule has 148 valence electrons. The number of aryl methyl sites for hydroxylation is 2. The molecule has 29 heavy (non-hydrogen) atoms. The van der Waals surface area contributed by atoms with Crippen molar-refractivity contribution in [3.8, 4) is 5.75 Å². The fraction of sp³-hybridized carbons (Fsp3) is 0.227. The van der Waals surface area contributed by atoms with E-state index in [0.717, 1.165) is 32.3 Å². The highest BCUT2D eigenvalue weighted by molar-refractivity contribution is 7.98. The number of rotatable bonds is 6. The number of fused-ring (bicyclic) bond motifs is 1. The number of benzene rings is 1.